The van der Waals surface area contributed by atoms with Crippen LogP contribution >= 0.6 is 0 Å². The molecule has 3 heterocycles. The van der Waals surface area contributed by atoms with Crippen molar-refractivity contribution < 1.29 is 5.11 Å². The molecule has 0 radical (unpaired) electrons. The molecular formula is C45H44N4O. The van der Waals surface area contributed by atoms with Crippen LogP contribution in [0.3, 0.4) is 0 Å². The summed E-state index contributed by atoms with van der Waals surface area (Å²) in [4.78, 5) is 15.1. The summed E-state index contributed by atoms with van der Waals surface area (Å²) in [5.74, 6) is 0.823. The molecule has 4 aromatic carbocycles. The molecule has 0 unspecified atom stereocenters. The first kappa shape index (κ1) is 33.0. The molecule has 0 saturated heterocycles. The molecule has 50 heavy (non-hydrogen) atoms. The van der Waals surface area contributed by atoms with Crippen molar-refractivity contribution in [3.63, 3.8) is 0 Å². The van der Waals surface area contributed by atoms with Gasteiger partial charge in [0.25, 0.3) is 0 Å². The van der Waals surface area contributed by atoms with Crippen LogP contribution in [-0.2, 0) is 17.9 Å². The summed E-state index contributed by atoms with van der Waals surface area (Å²) in [6, 6.07) is 38.2. The van der Waals surface area contributed by atoms with Crippen molar-refractivity contribution in [2.24, 2.45) is 7.05 Å². The van der Waals surface area contributed by atoms with Gasteiger partial charge in [-0.15, -0.1) is 0 Å². The fourth-order valence-corrected chi connectivity index (χ4v) is 6.62. The van der Waals surface area contributed by atoms with E-state index < -0.39 is 0 Å². The first-order chi connectivity index (χ1) is 23.8. The maximum absolute atomic E-state index is 11.6. The van der Waals surface area contributed by atoms with Crippen LogP contribution in [0.4, 0.5) is 0 Å². The Bertz CT molecular complexity index is 2360. The Morgan fingerprint density at radius 2 is 1.24 bits per heavy atom. The quantitative estimate of drug-likeness (QED) is 0.200. The fraction of sp³-hybridized carbons (Fsp3) is 0.222. The van der Waals surface area contributed by atoms with Crippen molar-refractivity contribution >= 4 is 11.0 Å². The minimum atomic E-state index is -0.270. The number of benzene rings is 4. The second-order valence-electron chi connectivity index (χ2n) is 15.3. The highest BCUT2D eigenvalue weighted by molar-refractivity contribution is 5.95. The molecule has 5 heteroatoms. The van der Waals surface area contributed by atoms with Gasteiger partial charge >= 0.3 is 0 Å². The lowest BCUT2D eigenvalue weighted by Gasteiger charge is -2.26. The Kier molecular flexibility index (Phi) is 8.18. The number of pyridine rings is 2. The Morgan fingerprint density at radius 1 is 0.600 bits per heavy atom. The van der Waals surface area contributed by atoms with E-state index in [4.69, 9.17) is 15.0 Å². The molecule has 7 aromatic rings. The minimum Gasteiger partial charge on any atom is -0.505 e. The first-order valence-electron chi connectivity index (χ1n) is 17.2. The van der Waals surface area contributed by atoms with Gasteiger partial charge in [0, 0.05) is 41.0 Å². The lowest BCUT2D eigenvalue weighted by molar-refractivity contribution is 0.441. The number of rotatable bonds is 5. The van der Waals surface area contributed by atoms with Crippen molar-refractivity contribution in [1.82, 2.24) is 19.5 Å². The average molecular weight is 657 g/mol. The predicted octanol–water partition coefficient (Wildman–Crippen LogP) is 11.3. The van der Waals surface area contributed by atoms with E-state index in [1.807, 2.05) is 29.9 Å². The molecule has 5 nitrogen and oxygen atoms in total. The maximum Gasteiger partial charge on any atom is 0.163 e. The standard InChI is InChI=1S/C45H44N4O/c1-28-27-46-37(25-35(28)31-22-20-30(21-23-31)29-14-10-9-11-15-29)33-17-12-16-32(24-33)34-18-13-19-38-40(34)48-43(49(38)8)41-42(50)36(44(2,3)4)26-39(47-41)45(5,6)7/h9-27,50H,1-8H3. The molecule has 250 valence electrons. The van der Waals surface area contributed by atoms with Gasteiger partial charge in [-0.1, -0.05) is 126 Å². The Hall–Kier alpha value is -5.55. The number of imidazole rings is 1. The molecule has 1 N–H and O–H groups in total. The minimum absolute atomic E-state index is 0.184. The monoisotopic (exact) mass is 656 g/mol. The van der Waals surface area contributed by atoms with Gasteiger partial charge < -0.3 is 9.67 Å². The first-order valence-corrected chi connectivity index (χ1v) is 17.2. The topological polar surface area (TPSA) is 63.8 Å². The third-order valence-corrected chi connectivity index (χ3v) is 9.57. The second kappa shape index (κ2) is 12.4. The highest BCUT2D eigenvalue weighted by Gasteiger charge is 2.29. The smallest absolute Gasteiger partial charge is 0.163 e. The fourth-order valence-electron chi connectivity index (χ4n) is 6.62. The van der Waals surface area contributed by atoms with Gasteiger partial charge in [-0.2, -0.15) is 0 Å². The summed E-state index contributed by atoms with van der Waals surface area (Å²) < 4.78 is 2.04. The molecule has 0 aliphatic carbocycles. The molecule has 3 aromatic heterocycles. The van der Waals surface area contributed by atoms with Crippen molar-refractivity contribution in [1.29, 1.82) is 0 Å². The number of fused-ring (bicyclic) bond motifs is 1. The van der Waals surface area contributed by atoms with Gasteiger partial charge in [-0.3, -0.25) is 4.98 Å². The summed E-state index contributed by atoms with van der Waals surface area (Å²) in [6.07, 6.45) is 1.96. The van der Waals surface area contributed by atoms with Crippen LogP contribution in [0.25, 0.3) is 67.2 Å². The number of aryl methyl sites for hydroxylation is 2. The third kappa shape index (κ3) is 6.09. The molecule has 0 aliphatic heterocycles. The molecule has 0 fully saturated rings. The van der Waals surface area contributed by atoms with Gasteiger partial charge in [-0.05, 0) is 70.0 Å². The van der Waals surface area contributed by atoms with Crippen molar-refractivity contribution in [3.8, 4) is 61.9 Å². The number of hydrogen-bond donors (Lipinski definition) is 1. The van der Waals surface area contributed by atoms with Crippen molar-refractivity contribution in [2.45, 2.75) is 59.3 Å². The number of hydrogen-bond acceptors (Lipinski definition) is 4. The van der Waals surface area contributed by atoms with Crippen LogP contribution in [-0.4, -0.2) is 24.6 Å². The normalized spacial score (nSPS) is 12.1. The zero-order chi connectivity index (χ0) is 35.4. The molecule has 0 spiro atoms. The highest BCUT2D eigenvalue weighted by Crippen LogP contribution is 2.41. The van der Waals surface area contributed by atoms with Crippen LogP contribution in [0.1, 0.15) is 58.4 Å². The van der Waals surface area contributed by atoms with Gasteiger partial charge in [0.1, 0.15) is 11.4 Å². The molecule has 0 atom stereocenters. The maximum atomic E-state index is 11.6. The van der Waals surface area contributed by atoms with E-state index in [2.05, 4.69) is 146 Å². The number of para-hydroxylation sites is 1. The lowest BCUT2D eigenvalue weighted by atomic mass is 9.82. The van der Waals surface area contributed by atoms with Gasteiger partial charge in [0.2, 0.25) is 0 Å². The summed E-state index contributed by atoms with van der Waals surface area (Å²) in [6.45, 7) is 14.9. The summed E-state index contributed by atoms with van der Waals surface area (Å²) in [7, 11) is 2.00. The van der Waals surface area contributed by atoms with E-state index in [1.165, 1.54) is 11.1 Å². The van der Waals surface area contributed by atoms with Gasteiger partial charge in [0.15, 0.2) is 5.82 Å². The molecule has 7 rings (SSSR count). The lowest BCUT2D eigenvalue weighted by Crippen LogP contribution is -2.19. The molecule has 0 aliphatic rings. The molecule has 0 saturated carbocycles. The largest absolute Gasteiger partial charge is 0.505 e. The van der Waals surface area contributed by atoms with Crippen LogP contribution in [0.15, 0.2) is 115 Å². The van der Waals surface area contributed by atoms with Crippen molar-refractivity contribution in [2.75, 3.05) is 0 Å². The Morgan fingerprint density at radius 3 is 1.94 bits per heavy atom. The van der Waals surface area contributed by atoms with Crippen molar-refractivity contribution in [3.05, 3.63) is 132 Å². The summed E-state index contributed by atoms with van der Waals surface area (Å²) in [5, 5.41) is 11.6. The molecule has 0 bridgehead atoms. The average Bonchev–Trinajstić information content (AvgIpc) is 3.44. The SMILES string of the molecule is Cc1cnc(-c2cccc(-c3cccc4c3nc(-c3nc(C(C)(C)C)cc(C(C)(C)C)c3O)n4C)c2)cc1-c1ccc(-c2ccccc2)cc1. The molecule has 0 amide bonds. The number of nitrogens with zero attached hydrogens (tertiary/aromatic N) is 4. The predicted molar refractivity (Wildman–Crippen MR) is 207 cm³/mol. The Labute approximate surface area is 295 Å². The third-order valence-electron chi connectivity index (χ3n) is 9.57. The van der Waals surface area contributed by atoms with E-state index in [0.29, 0.717) is 11.5 Å². The summed E-state index contributed by atoms with van der Waals surface area (Å²) in [5.41, 5.74) is 13.5. The van der Waals surface area contributed by atoms with Gasteiger partial charge in [-0.25, -0.2) is 9.97 Å². The number of aromatic nitrogens is 4. The van der Waals surface area contributed by atoms with E-state index in [-0.39, 0.29) is 16.6 Å². The highest BCUT2D eigenvalue weighted by atomic mass is 16.3. The van der Waals surface area contributed by atoms with Crippen LogP contribution in [0.5, 0.6) is 5.75 Å². The van der Waals surface area contributed by atoms with Gasteiger partial charge in [0.05, 0.1) is 16.7 Å². The zero-order valence-corrected chi connectivity index (χ0v) is 30.2. The van der Waals surface area contributed by atoms with E-state index in [0.717, 1.165) is 61.4 Å². The number of aromatic hydroxyl groups is 1. The molecular weight excluding hydrogens is 613 g/mol. The zero-order valence-electron chi connectivity index (χ0n) is 30.2. The van der Waals surface area contributed by atoms with Crippen LogP contribution in [0.2, 0.25) is 0 Å². The van der Waals surface area contributed by atoms with E-state index >= 15 is 0 Å². The second-order valence-corrected chi connectivity index (χ2v) is 15.3. The van der Waals surface area contributed by atoms with Crippen LogP contribution in [0, 0.1) is 6.92 Å². The van der Waals surface area contributed by atoms with E-state index in [9.17, 15) is 5.11 Å². The Balaban J connectivity index is 1.29. The van der Waals surface area contributed by atoms with E-state index in [1.54, 1.807) is 0 Å². The van der Waals surface area contributed by atoms with Crippen LogP contribution < -0.4 is 0 Å². The summed E-state index contributed by atoms with van der Waals surface area (Å²) >= 11 is 0.